The Morgan fingerprint density at radius 1 is 1.57 bits per heavy atom. The highest BCUT2D eigenvalue weighted by molar-refractivity contribution is 5.74. The van der Waals surface area contributed by atoms with Gasteiger partial charge in [0.15, 0.2) is 6.10 Å². The zero-order chi connectivity index (χ0) is 10.7. The van der Waals surface area contributed by atoms with Crippen molar-refractivity contribution in [3.8, 4) is 0 Å². The van der Waals surface area contributed by atoms with Crippen LogP contribution in [0.1, 0.15) is 13.8 Å². The standard InChI is InChI=1S/C10H19NO3/c1-7(2)8-4-11(5-8)6-9(12)10(13)14-3/h7-9,12H,4-6H2,1-3H3. The second-order valence-corrected chi connectivity index (χ2v) is 4.26. The van der Waals surface area contributed by atoms with Crippen LogP contribution < -0.4 is 0 Å². The maximum Gasteiger partial charge on any atom is 0.336 e. The predicted molar refractivity (Wildman–Crippen MR) is 52.8 cm³/mol. The van der Waals surface area contributed by atoms with Crippen molar-refractivity contribution in [2.75, 3.05) is 26.7 Å². The molecule has 0 radical (unpaired) electrons. The van der Waals surface area contributed by atoms with Gasteiger partial charge in [-0.05, 0) is 11.8 Å². The van der Waals surface area contributed by atoms with Crippen molar-refractivity contribution in [2.24, 2.45) is 11.8 Å². The first-order valence-electron chi connectivity index (χ1n) is 5.02. The molecule has 4 heteroatoms. The Morgan fingerprint density at radius 2 is 2.14 bits per heavy atom. The van der Waals surface area contributed by atoms with Gasteiger partial charge in [0, 0.05) is 19.6 Å². The fraction of sp³-hybridized carbons (Fsp3) is 0.900. The topological polar surface area (TPSA) is 49.8 Å². The van der Waals surface area contributed by atoms with Crippen molar-refractivity contribution in [3.05, 3.63) is 0 Å². The number of methoxy groups -OCH3 is 1. The van der Waals surface area contributed by atoms with Crippen LogP contribution in [-0.2, 0) is 9.53 Å². The van der Waals surface area contributed by atoms with Crippen LogP contribution in [0.3, 0.4) is 0 Å². The maximum absolute atomic E-state index is 10.9. The fourth-order valence-corrected chi connectivity index (χ4v) is 1.64. The van der Waals surface area contributed by atoms with Crippen LogP contribution in [0.5, 0.6) is 0 Å². The molecule has 1 atom stereocenters. The minimum absolute atomic E-state index is 0.399. The highest BCUT2D eigenvalue weighted by Gasteiger charge is 2.31. The molecule has 1 saturated heterocycles. The molecule has 1 unspecified atom stereocenters. The molecule has 1 N–H and O–H groups in total. The van der Waals surface area contributed by atoms with Crippen molar-refractivity contribution in [2.45, 2.75) is 20.0 Å². The number of esters is 1. The van der Waals surface area contributed by atoms with Gasteiger partial charge in [0.05, 0.1) is 7.11 Å². The van der Waals surface area contributed by atoms with E-state index >= 15 is 0 Å². The van der Waals surface area contributed by atoms with Crippen LogP contribution in [0.25, 0.3) is 0 Å². The van der Waals surface area contributed by atoms with Gasteiger partial charge in [-0.2, -0.15) is 0 Å². The van der Waals surface area contributed by atoms with E-state index in [1.54, 1.807) is 0 Å². The summed E-state index contributed by atoms with van der Waals surface area (Å²) < 4.78 is 4.44. The third kappa shape index (κ3) is 2.69. The summed E-state index contributed by atoms with van der Waals surface area (Å²) in [7, 11) is 1.29. The molecule has 1 rings (SSSR count). The number of aliphatic hydroxyl groups is 1. The molecule has 0 aromatic heterocycles. The van der Waals surface area contributed by atoms with Crippen LogP contribution in [0, 0.1) is 11.8 Å². The zero-order valence-corrected chi connectivity index (χ0v) is 9.06. The minimum atomic E-state index is -0.992. The van der Waals surface area contributed by atoms with Gasteiger partial charge in [-0.15, -0.1) is 0 Å². The molecule has 0 aromatic carbocycles. The second kappa shape index (κ2) is 4.75. The van der Waals surface area contributed by atoms with Crippen LogP contribution in [0.4, 0.5) is 0 Å². The van der Waals surface area contributed by atoms with E-state index in [2.05, 4.69) is 23.5 Å². The Kier molecular flexibility index (Phi) is 3.89. The number of nitrogens with zero attached hydrogens (tertiary/aromatic N) is 1. The van der Waals surface area contributed by atoms with Gasteiger partial charge in [0.1, 0.15) is 0 Å². The van der Waals surface area contributed by atoms with E-state index in [-0.39, 0.29) is 0 Å². The van der Waals surface area contributed by atoms with E-state index < -0.39 is 12.1 Å². The van der Waals surface area contributed by atoms with E-state index in [1.165, 1.54) is 7.11 Å². The molecule has 1 heterocycles. The lowest BCUT2D eigenvalue weighted by atomic mass is 9.88. The summed E-state index contributed by atoms with van der Waals surface area (Å²) in [6.45, 7) is 6.74. The molecule has 1 aliphatic rings. The average Bonchev–Trinajstić information content (AvgIpc) is 2.07. The Morgan fingerprint density at radius 3 is 2.57 bits per heavy atom. The zero-order valence-electron chi connectivity index (χ0n) is 9.06. The monoisotopic (exact) mass is 201 g/mol. The molecule has 4 nitrogen and oxygen atoms in total. The second-order valence-electron chi connectivity index (χ2n) is 4.26. The molecular weight excluding hydrogens is 182 g/mol. The number of carbonyl (C=O) groups is 1. The average molecular weight is 201 g/mol. The van der Waals surface area contributed by atoms with E-state index in [9.17, 15) is 9.90 Å². The molecule has 0 aromatic rings. The number of rotatable bonds is 4. The Bertz CT molecular complexity index is 200. The fourth-order valence-electron chi connectivity index (χ4n) is 1.64. The van der Waals surface area contributed by atoms with Gasteiger partial charge in [-0.25, -0.2) is 4.79 Å². The van der Waals surface area contributed by atoms with E-state index in [4.69, 9.17) is 0 Å². The SMILES string of the molecule is COC(=O)C(O)CN1CC(C(C)C)C1. The third-order valence-corrected chi connectivity index (χ3v) is 2.83. The van der Waals surface area contributed by atoms with Crippen molar-refractivity contribution in [1.82, 2.24) is 4.90 Å². The van der Waals surface area contributed by atoms with E-state index in [0.717, 1.165) is 13.1 Å². The molecule has 82 valence electrons. The van der Waals surface area contributed by atoms with Crippen molar-refractivity contribution in [3.63, 3.8) is 0 Å². The summed E-state index contributed by atoms with van der Waals surface area (Å²) in [5.41, 5.74) is 0. The highest BCUT2D eigenvalue weighted by Crippen LogP contribution is 2.23. The number of hydrogen-bond acceptors (Lipinski definition) is 4. The Hall–Kier alpha value is -0.610. The largest absolute Gasteiger partial charge is 0.467 e. The van der Waals surface area contributed by atoms with E-state index in [1.807, 2.05) is 0 Å². The molecule has 0 saturated carbocycles. The number of likely N-dealkylation sites (tertiary alicyclic amines) is 1. The normalized spacial score (nSPS) is 20.6. The Balaban J connectivity index is 2.19. The number of ether oxygens (including phenoxy) is 1. The lowest BCUT2D eigenvalue weighted by Crippen LogP contribution is -2.52. The summed E-state index contributed by atoms with van der Waals surface area (Å²) in [5, 5.41) is 9.36. The van der Waals surface area contributed by atoms with Crippen LogP contribution in [0.15, 0.2) is 0 Å². The van der Waals surface area contributed by atoms with Gasteiger partial charge < -0.3 is 9.84 Å². The van der Waals surface area contributed by atoms with Gasteiger partial charge in [0.25, 0.3) is 0 Å². The molecule has 0 aliphatic carbocycles. The van der Waals surface area contributed by atoms with E-state index in [0.29, 0.717) is 18.4 Å². The molecule has 14 heavy (non-hydrogen) atoms. The Labute approximate surface area is 84.8 Å². The first-order valence-corrected chi connectivity index (χ1v) is 5.02. The van der Waals surface area contributed by atoms with Crippen LogP contribution in [0.2, 0.25) is 0 Å². The smallest absolute Gasteiger partial charge is 0.336 e. The lowest BCUT2D eigenvalue weighted by molar-refractivity contribution is -0.152. The molecular formula is C10H19NO3. The highest BCUT2D eigenvalue weighted by atomic mass is 16.5. The van der Waals surface area contributed by atoms with Crippen molar-refractivity contribution >= 4 is 5.97 Å². The third-order valence-electron chi connectivity index (χ3n) is 2.83. The summed E-state index contributed by atoms with van der Waals surface area (Å²) in [6.07, 6.45) is -0.992. The molecule has 1 aliphatic heterocycles. The summed E-state index contributed by atoms with van der Waals surface area (Å²) >= 11 is 0. The van der Waals surface area contributed by atoms with Crippen LogP contribution >= 0.6 is 0 Å². The minimum Gasteiger partial charge on any atom is -0.467 e. The number of β-amino-alcohol motifs (C(OH)–C–C–N with tert-alkyl or cyclic N) is 1. The lowest BCUT2D eigenvalue weighted by Gasteiger charge is -2.42. The molecule has 1 fully saturated rings. The number of hydrogen-bond donors (Lipinski definition) is 1. The van der Waals surface area contributed by atoms with Crippen molar-refractivity contribution in [1.29, 1.82) is 0 Å². The van der Waals surface area contributed by atoms with Gasteiger partial charge in [0.2, 0.25) is 0 Å². The number of aliphatic hydroxyl groups excluding tert-OH is 1. The van der Waals surface area contributed by atoms with Gasteiger partial charge >= 0.3 is 5.97 Å². The first kappa shape index (κ1) is 11.5. The predicted octanol–water partition coefficient (Wildman–Crippen LogP) is 0.108. The summed E-state index contributed by atoms with van der Waals surface area (Å²) in [5.74, 6) is 0.847. The first-order chi connectivity index (χ1) is 6.54. The van der Waals surface area contributed by atoms with Gasteiger partial charge in [-0.1, -0.05) is 13.8 Å². The van der Waals surface area contributed by atoms with Crippen LogP contribution in [-0.4, -0.2) is 48.8 Å². The summed E-state index contributed by atoms with van der Waals surface area (Å²) in [6, 6.07) is 0. The molecule has 0 amide bonds. The van der Waals surface area contributed by atoms with Crippen molar-refractivity contribution < 1.29 is 14.6 Å². The van der Waals surface area contributed by atoms with Gasteiger partial charge in [-0.3, -0.25) is 4.90 Å². The maximum atomic E-state index is 10.9. The summed E-state index contributed by atoms with van der Waals surface area (Å²) in [4.78, 5) is 13.0. The number of carbonyl (C=O) groups excluding carboxylic acids is 1. The quantitative estimate of drug-likeness (QED) is 0.656. The molecule has 0 spiro atoms. The molecule has 0 bridgehead atoms.